The Labute approximate surface area is 107 Å². The average Bonchev–Trinajstić information content (AvgIpc) is 2.37. The van der Waals surface area contributed by atoms with Gasteiger partial charge < -0.3 is 16.0 Å². The van der Waals surface area contributed by atoms with Gasteiger partial charge in [-0.05, 0) is 26.0 Å². The van der Waals surface area contributed by atoms with E-state index < -0.39 is 0 Å². The molecule has 0 saturated heterocycles. The molecule has 0 bridgehead atoms. The lowest BCUT2D eigenvalue weighted by molar-refractivity contribution is -0.120. The van der Waals surface area contributed by atoms with Crippen molar-refractivity contribution in [1.29, 1.82) is 0 Å². The molecule has 0 aromatic heterocycles. The summed E-state index contributed by atoms with van der Waals surface area (Å²) in [6.45, 7) is 5.08. The van der Waals surface area contributed by atoms with Crippen LogP contribution in [0.2, 0.25) is 0 Å². The van der Waals surface area contributed by atoms with E-state index in [1.807, 2.05) is 26.0 Å². The van der Waals surface area contributed by atoms with Gasteiger partial charge in [0.2, 0.25) is 5.91 Å². The quantitative estimate of drug-likeness (QED) is 0.704. The Morgan fingerprint density at radius 1 is 1.06 bits per heavy atom. The summed E-state index contributed by atoms with van der Waals surface area (Å²) in [5, 5.41) is 8.32. The van der Waals surface area contributed by atoms with E-state index in [2.05, 4.69) is 16.0 Å². The van der Waals surface area contributed by atoms with Crippen LogP contribution in [0.1, 0.15) is 24.2 Å². The first-order valence-corrected chi connectivity index (χ1v) is 6.06. The second-order valence-corrected chi connectivity index (χ2v) is 3.71. The average molecular weight is 249 g/mol. The van der Waals surface area contributed by atoms with Crippen molar-refractivity contribution in [3.05, 3.63) is 29.8 Å². The van der Waals surface area contributed by atoms with Gasteiger partial charge in [0.1, 0.15) is 0 Å². The smallest absolute Gasteiger partial charge is 0.253 e. The van der Waals surface area contributed by atoms with Crippen LogP contribution in [0.3, 0.4) is 0 Å². The molecule has 0 fully saturated rings. The number of carbonyl (C=O) groups excluding carboxylic acids is 2. The zero-order valence-electron chi connectivity index (χ0n) is 10.7. The van der Waals surface area contributed by atoms with Crippen LogP contribution >= 0.6 is 0 Å². The standard InChI is InChI=1S/C13H19N3O2/c1-3-14-11-8-6-5-7-10(11)13(18)16-9-12(17)15-4-2/h5-8,14H,3-4,9H2,1-2H3,(H,15,17)(H,16,18). The lowest BCUT2D eigenvalue weighted by Gasteiger charge is -2.10. The van der Waals surface area contributed by atoms with Crippen LogP contribution in [0.5, 0.6) is 0 Å². The molecule has 0 saturated carbocycles. The second kappa shape index (κ2) is 7.32. The number of benzene rings is 1. The predicted octanol–water partition coefficient (Wildman–Crippen LogP) is 0.984. The fourth-order valence-corrected chi connectivity index (χ4v) is 1.54. The Morgan fingerprint density at radius 3 is 2.44 bits per heavy atom. The highest BCUT2D eigenvalue weighted by Gasteiger charge is 2.11. The largest absolute Gasteiger partial charge is 0.385 e. The summed E-state index contributed by atoms with van der Waals surface area (Å²) in [7, 11) is 0. The summed E-state index contributed by atoms with van der Waals surface area (Å²) >= 11 is 0. The summed E-state index contributed by atoms with van der Waals surface area (Å²) < 4.78 is 0. The van der Waals surface area contributed by atoms with Gasteiger partial charge in [-0.2, -0.15) is 0 Å². The Kier molecular flexibility index (Phi) is 5.70. The lowest BCUT2D eigenvalue weighted by Crippen LogP contribution is -2.36. The maximum atomic E-state index is 11.9. The molecule has 98 valence electrons. The molecule has 0 heterocycles. The third kappa shape index (κ3) is 4.08. The van der Waals surface area contributed by atoms with Gasteiger partial charge in [-0.25, -0.2) is 0 Å². The predicted molar refractivity (Wildman–Crippen MR) is 71.6 cm³/mol. The van der Waals surface area contributed by atoms with E-state index in [-0.39, 0.29) is 18.4 Å². The van der Waals surface area contributed by atoms with Crippen molar-refractivity contribution in [2.45, 2.75) is 13.8 Å². The first-order chi connectivity index (χ1) is 8.69. The van der Waals surface area contributed by atoms with Gasteiger partial charge in [-0.1, -0.05) is 12.1 Å². The van der Waals surface area contributed by atoms with E-state index in [0.717, 1.165) is 12.2 Å². The number of amides is 2. The number of carbonyl (C=O) groups is 2. The highest BCUT2D eigenvalue weighted by Crippen LogP contribution is 2.14. The molecule has 18 heavy (non-hydrogen) atoms. The van der Waals surface area contributed by atoms with Crippen molar-refractivity contribution in [1.82, 2.24) is 10.6 Å². The molecular formula is C13H19N3O2. The van der Waals surface area contributed by atoms with Gasteiger partial charge >= 0.3 is 0 Å². The SMILES string of the molecule is CCNC(=O)CNC(=O)c1ccccc1NCC. The molecule has 1 rings (SSSR count). The van der Waals surface area contributed by atoms with Gasteiger partial charge in [0.05, 0.1) is 12.1 Å². The highest BCUT2D eigenvalue weighted by molar-refractivity contribution is 6.01. The van der Waals surface area contributed by atoms with Crippen molar-refractivity contribution in [2.24, 2.45) is 0 Å². The van der Waals surface area contributed by atoms with Gasteiger partial charge in [0, 0.05) is 18.8 Å². The highest BCUT2D eigenvalue weighted by atomic mass is 16.2. The minimum atomic E-state index is -0.252. The summed E-state index contributed by atoms with van der Waals surface area (Å²) in [5.74, 6) is -0.440. The molecule has 1 aromatic carbocycles. The van der Waals surface area contributed by atoms with E-state index in [1.165, 1.54) is 0 Å². The minimum absolute atomic E-state index is 0.00681. The van der Waals surface area contributed by atoms with E-state index in [0.29, 0.717) is 12.1 Å². The zero-order valence-corrected chi connectivity index (χ0v) is 10.7. The summed E-state index contributed by atoms with van der Waals surface area (Å²) in [4.78, 5) is 23.2. The molecule has 2 amide bonds. The molecule has 0 atom stereocenters. The minimum Gasteiger partial charge on any atom is -0.385 e. The fourth-order valence-electron chi connectivity index (χ4n) is 1.54. The van der Waals surface area contributed by atoms with Crippen LogP contribution in [0.25, 0.3) is 0 Å². The lowest BCUT2D eigenvalue weighted by atomic mass is 10.1. The molecular weight excluding hydrogens is 230 g/mol. The van der Waals surface area contributed by atoms with Crippen molar-refractivity contribution < 1.29 is 9.59 Å². The monoisotopic (exact) mass is 249 g/mol. The van der Waals surface area contributed by atoms with E-state index >= 15 is 0 Å². The maximum Gasteiger partial charge on any atom is 0.253 e. The van der Waals surface area contributed by atoms with Gasteiger partial charge in [-0.15, -0.1) is 0 Å². The molecule has 3 N–H and O–H groups in total. The number of para-hydroxylation sites is 1. The normalized spacial score (nSPS) is 9.67. The number of hydrogen-bond donors (Lipinski definition) is 3. The fraction of sp³-hybridized carbons (Fsp3) is 0.385. The summed E-state index contributed by atoms with van der Waals surface area (Å²) in [5.41, 5.74) is 1.32. The van der Waals surface area contributed by atoms with Crippen LogP contribution in [-0.4, -0.2) is 31.4 Å². The van der Waals surface area contributed by atoms with Crippen LogP contribution in [0.4, 0.5) is 5.69 Å². The molecule has 0 aliphatic carbocycles. The van der Waals surface area contributed by atoms with E-state index in [1.54, 1.807) is 12.1 Å². The number of nitrogens with one attached hydrogen (secondary N) is 3. The van der Waals surface area contributed by atoms with Crippen molar-refractivity contribution in [3.63, 3.8) is 0 Å². The molecule has 0 unspecified atom stereocenters. The number of anilines is 1. The van der Waals surface area contributed by atoms with Crippen LogP contribution in [0.15, 0.2) is 24.3 Å². The topological polar surface area (TPSA) is 70.2 Å². The maximum absolute atomic E-state index is 11.9. The van der Waals surface area contributed by atoms with Crippen LogP contribution < -0.4 is 16.0 Å². The first kappa shape index (κ1) is 14.0. The Bertz CT molecular complexity index is 418. The van der Waals surface area contributed by atoms with E-state index in [9.17, 15) is 9.59 Å². The first-order valence-electron chi connectivity index (χ1n) is 6.06. The molecule has 0 radical (unpaired) electrons. The second-order valence-electron chi connectivity index (χ2n) is 3.71. The molecule has 0 aliphatic rings. The third-order valence-corrected chi connectivity index (χ3v) is 2.32. The van der Waals surface area contributed by atoms with Crippen molar-refractivity contribution >= 4 is 17.5 Å². The Morgan fingerprint density at radius 2 is 1.78 bits per heavy atom. The van der Waals surface area contributed by atoms with Gasteiger partial charge in [-0.3, -0.25) is 9.59 Å². The molecule has 1 aromatic rings. The zero-order chi connectivity index (χ0) is 13.4. The molecule has 0 aliphatic heterocycles. The summed E-state index contributed by atoms with van der Waals surface area (Å²) in [6, 6.07) is 7.22. The van der Waals surface area contributed by atoms with Crippen LogP contribution in [-0.2, 0) is 4.79 Å². The number of rotatable bonds is 6. The third-order valence-electron chi connectivity index (χ3n) is 2.32. The van der Waals surface area contributed by atoms with Crippen molar-refractivity contribution in [3.8, 4) is 0 Å². The van der Waals surface area contributed by atoms with Gasteiger partial charge in [0.15, 0.2) is 0 Å². The molecule has 0 spiro atoms. The molecule has 5 heteroatoms. The molecule has 5 nitrogen and oxygen atoms in total. The van der Waals surface area contributed by atoms with Crippen LogP contribution in [0, 0.1) is 0 Å². The van der Waals surface area contributed by atoms with E-state index in [4.69, 9.17) is 0 Å². The van der Waals surface area contributed by atoms with Gasteiger partial charge in [0.25, 0.3) is 5.91 Å². The Balaban J connectivity index is 2.63. The summed E-state index contributed by atoms with van der Waals surface area (Å²) in [6.07, 6.45) is 0. The number of likely N-dealkylation sites (N-methyl/N-ethyl adjacent to an activating group) is 1. The Hall–Kier alpha value is -2.04. The number of hydrogen-bond acceptors (Lipinski definition) is 3. The van der Waals surface area contributed by atoms with Crippen molar-refractivity contribution in [2.75, 3.05) is 25.0 Å².